The van der Waals surface area contributed by atoms with E-state index in [1.165, 1.54) is 18.2 Å². The van der Waals surface area contributed by atoms with Crippen molar-refractivity contribution in [1.82, 2.24) is 0 Å². The third-order valence-corrected chi connectivity index (χ3v) is 2.58. The first-order chi connectivity index (χ1) is 8.97. The molecule has 0 aliphatic carbocycles. The Morgan fingerprint density at radius 3 is 2.26 bits per heavy atom. The SMILES string of the molecule is CC(N)c1cc(F)ccc1Oc1cc(F)ccc1F. The molecule has 2 aromatic carbocycles. The van der Waals surface area contributed by atoms with E-state index < -0.39 is 23.5 Å². The van der Waals surface area contributed by atoms with E-state index in [4.69, 9.17) is 10.5 Å². The van der Waals surface area contributed by atoms with E-state index in [1.54, 1.807) is 6.92 Å². The monoisotopic (exact) mass is 267 g/mol. The zero-order valence-corrected chi connectivity index (χ0v) is 10.2. The normalized spacial score (nSPS) is 12.3. The second kappa shape index (κ2) is 5.32. The largest absolute Gasteiger partial charge is 0.454 e. The highest BCUT2D eigenvalue weighted by Crippen LogP contribution is 2.31. The lowest BCUT2D eigenvalue weighted by Gasteiger charge is -2.14. The second-order valence-corrected chi connectivity index (χ2v) is 4.15. The predicted molar refractivity (Wildman–Crippen MR) is 65.4 cm³/mol. The van der Waals surface area contributed by atoms with Crippen molar-refractivity contribution in [2.75, 3.05) is 0 Å². The van der Waals surface area contributed by atoms with Crippen molar-refractivity contribution in [2.45, 2.75) is 13.0 Å². The molecule has 0 fully saturated rings. The Labute approximate surface area is 108 Å². The molecule has 0 bridgehead atoms. The third kappa shape index (κ3) is 3.06. The van der Waals surface area contributed by atoms with Crippen LogP contribution in [0.2, 0.25) is 0 Å². The fraction of sp³-hybridized carbons (Fsp3) is 0.143. The van der Waals surface area contributed by atoms with Crippen LogP contribution in [0.3, 0.4) is 0 Å². The molecule has 0 radical (unpaired) electrons. The summed E-state index contributed by atoms with van der Waals surface area (Å²) in [7, 11) is 0. The lowest BCUT2D eigenvalue weighted by molar-refractivity contribution is 0.428. The average Bonchev–Trinajstić information content (AvgIpc) is 2.35. The van der Waals surface area contributed by atoms with Gasteiger partial charge >= 0.3 is 0 Å². The number of nitrogens with two attached hydrogens (primary N) is 1. The van der Waals surface area contributed by atoms with Crippen molar-refractivity contribution in [3.05, 3.63) is 59.4 Å². The van der Waals surface area contributed by atoms with E-state index >= 15 is 0 Å². The summed E-state index contributed by atoms with van der Waals surface area (Å²) in [6.45, 7) is 1.64. The lowest BCUT2D eigenvalue weighted by atomic mass is 10.1. The molecule has 2 rings (SSSR count). The van der Waals surface area contributed by atoms with Crippen LogP contribution in [0.5, 0.6) is 11.5 Å². The summed E-state index contributed by atoms with van der Waals surface area (Å²) in [6, 6.07) is 6.07. The molecule has 19 heavy (non-hydrogen) atoms. The van der Waals surface area contributed by atoms with Gasteiger partial charge < -0.3 is 10.5 Å². The van der Waals surface area contributed by atoms with Crippen LogP contribution in [-0.4, -0.2) is 0 Å². The van der Waals surface area contributed by atoms with Crippen molar-refractivity contribution in [3.8, 4) is 11.5 Å². The molecular formula is C14H12F3NO. The maximum atomic E-state index is 13.5. The Morgan fingerprint density at radius 1 is 0.947 bits per heavy atom. The summed E-state index contributed by atoms with van der Waals surface area (Å²) in [5.74, 6) is -1.88. The molecule has 0 saturated heterocycles. The summed E-state index contributed by atoms with van der Waals surface area (Å²) < 4.78 is 44.9. The fourth-order valence-electron chi connectivity index (χ4n) is 1.64. The summed E-state index contributed by atoms with van der Waals surface area (Å²) in [5.41, 5.74) is 6.07. The highest BCUT2D eigenvalue weighted by molar-refractivity contribution is 5.40. The number of halogens is 3. The maximum Gasteiger partial charge on any atom is 0.165 e. The van der Waals surface area contributed by atoms with Gasteiger partial charge in [0, 0.05) is 17.7 Å². The van der Waals surface area contributed by atoms with Gasteiger partial charge in [0.1, 0.15) is 17.4 Å². The second-order valence-electron chi connectivity index (χ2n) is 4.15. The van der Waals surface area contributed by atoms with Gasteiger partial charge in [-0.05, 0) is 37.3 Å². The van der Waals surface area contributed by atoms with E-state index in [2.05, 4.69) is 0 Å². The molecule has 1 unspecified atom stereocenters. The van der Waals surface area contributed by atoms with Crippen molar-refractivity contribution in [2.24, 2.45) is 5.73 Å². The summed E-state index contributed by atoms with van der Waals surface area (Å²) in [5, 5.41) is 0. The van der Waals surface area contributed by atoms with Gasteiger partial charge in [0.2, 0.25) is 0 Å². The molecule has 2 nitrogen and oxygen atoms in total. The minimum absolute atomic E-state index is 0.195. The number of ether oxygens (including phenoxy) is 1. The third-order valence-electron chi connectivity index (χ3n) is 2.58. The molecule has 100 valence electrons. The molecule has 0 heterocycles. The molecular weight excluding hydrogens is 255 g/mol. The van der Waals surface area contributed by atoms with Crippen molar-refractivity contribution >= 4 is 0 Å². The minimum Gasteiger partial charge on any atom is -0.454 e. The zero-order chi connectivity index (χ0) is 14.0. The molecule has 0 amide bonds. The first kappa shape index (κ1) is 13.4. The van der Waals surface area contributed by atoms with Crippen LogP contribution in [0.15, 0.2) is 36.4 Å². The molecule has 2 aromatic rings. The zero-order valence-electron chi connectivity index (χ0n) is 10.2. The quantitative estimate of drug-likeness (QED) is 0.914. The van der Waals surface area contributed by atoms with Crippen LogP contribution in [-0.2, 0) is 0 Å². The van der Waals surface area contributed by atoms with Gasteiger partial charge in [-0.1, -0.05) is 0 Å². The number of rotatable bonds is 3. The van der Waals surface area contributed by atoms with Gasteiger partial charge in [0.05, 0.1) is 0 Å². The van der Waals surface area contributed by atoms with E-state index in [-0.39, 0.29) is 11.5 Å². The molecule has 0 saturated carbocycles. The Bertz CT molecular complexity index is 599. The van der Waals surface area contributed by atoms with Crippen molar-refractivity contribution in [1.29, 1.82) is 0 Å². The highest BCUT2D eigenvalue weighted by Gasteiger charge is 2.13. The molecule has 0 aromatic heterocycles. The van der Waals surface area contributed by atoms with E-state index in [1.807, 2.05) is 0 Å². The summed E-state index contributed by atoms with van der Waals surface area (Å²) >= 11 is 0. The smallest absolute Gasteiger partial charge is 0.165 e. The van der Waals surface area contributed by atoms with Gasteiger partial charge in [-0.15, -0.1) is 0 Å². The summed E-state index contributed by atoms with van der Waals surface area (Å²) in [4.78, 5) is 0. The van der Waals surface area contributed by atoms with Crippen LogP contribution in [0.1, 0.15) is 18.5 Å². The predicted octanol–water partition coefficient (Wildman–Crippen LogP) is 3.92. The minimum atomic E-state index is -0.707. The Morgan fingerprint density at radius 2 is 1.58 bits per heavy atom. The van der Waals surface area contributed by atoms with Gasteiger partial charge in [-0.25, -0.2) is 13.2 Å². The van der Waals surface area contributed by atoms with Crippen molar-refractivity contribution < 1.29 is 17.9 Å². The Hall–Kier alpha value is -2.01. The standard InChI is InChI=1S/C14H12F3NO/c1-8(18)11-6-9(15)3-5-13(11)19-14-7-10(16)2-4-12(14)17/h2-8H,18H2,1H3. The van der Waals surface area contributed by atoms with E-state index in [9.17, 15) is 13.2 Å². The highest BCUT2D eigenvalue weighted by atomic mass is 19.1. The van der Waals surface area contributed by atoms with E-state index in [0.717, 1.165) is 18.2 Å². The number of hydrogen-bond donors (Lipinski definition) is 1. The Balaban J connectivity index is 2.40. The topological polar surface area (TPSA) is 35.2 Å². The first-order valence-electron chi connectivity index (χ1n) is 5.65. The molecule has 0 aliphatic heterocycles. The molecule has 5 heteroatoms. The first-order valence-corrected chi connectivity index (χ1v) is 5.65. The molecule has 1 atom stereocenters. The fourth-order valence-corrected chi connectivity index (χ4v) is 1.64. The van der Waals surface area contributed by atoms with Crippen LogP contribution in [0, 0.1) is 17.5 Å². The number of hydrogen-bond acceptors (Lipinski definition) is 2. The van der Waals surface area contributed by atoms with Crippen LogP contribution >= 0.6 is 0 Å². The lowest BCUT2D eigenvalue weighted by Crippen LogP contribution is -2.07. The average molecular weight is 267 g/mol. The van der Waals surface area contributed by atoms with Gasteiger partial charge in [-0.3, -0.25) is 0 Å². The van der Waals surface area contributed by atoms with Crippen LogP contribution < -0.4 is 10.5 Å². The van der Waals surface area contributed by atoms with Gasteiger partial charge in [-0.2, -0.15) is 0 Å². The molecule has 0 aliphatic rings. The van der Waals surface area contributed by atoms with Gasteiger partial charge in [0.25, 0.3) is 0 Å². The summed E-state index contributed by atoms with van der Waals surface area (Å²) in [6.07, 6.45) is 0. The van der Waals surface area contributed by atoms with Crippen LogP contribution in [0.4, 0.5) is 13.2 Å². The van der Waals surface area contributed by atoms with Gasteiger partial charge in [0.15, 0.2) is 11.6 Å². The van der Waals surface area contributed by atoms with Crippen molar-refractivity contribution in [3.63, 3.8) is 0 Å². The Kier molecular flexibility index (Phi) is 3.76. The molecule has 2 N–H and O–H groups in total. The number of benzene rings is 2. The van der Waals surface area contributed by atoms with Crippen LogP contribution in [0.25, 0.3) is 0 Å². The molecule has 0 spiro atoms. The van der Waals surface area contributed by atoms with E-state index in [0.29, 0.717) is 5.56 Å². The maximum absolute atomic E-state index is 13.5.